The van der Waals surface area contributed by atoms with Crippen molar-refractivity contribution in [2.24, 2.45) is 0 Å². The fourth-order valence-corrected chi connectivity index (χ4v) is 3.39. The maximum Gasteiger partial charge on any atom is 0.162 e. The number of phenols is 1. The van der Waals surface area contributed by atoms with E-state index in [-0.39, 0.29) is 18.0 Å². The third kappa shape index (κ3) is 7.12. The van der Waals surface area contributed by atoms with Gasteiger partial charge in [0, 0.05) is 6.42 Å². The predicted octanol–water partition coefficient (Wildman–Crippen LogP) is 6.01. The molecule has 2 atom stereocenters. The molecule has 0 saturated carbocycles. The van der Waals surface area contributed by atoms with E-state index >= 15 is 0 Å². The van der Waals surface area contributed by atoms with E-state index in [1.807, 2.05) is 32.9 Å². The Morgan fingerprint density at radius 2 is 1.57 bits per heavy atom. The van der Waals surface area contributed by atoms with Crippen molar-refractivity contribution in [3.8, 4) is 5.75 Å². The zero-order valence-corrected chi connectivity index (χ0v) is 17.9. The lowest BCUT2D eigenvalue weighted by atomic mass is 9.84. The Morgan fingerprint density at radius 3 is 2.11 bits per heavy atom. The Kier molecular flexibility index (Phi) is 7.82. The second-order valence-corrected chi connectivity index (χ2v) is 8.69. The van der Waals surface area contributed by atoms with Crippen molar-refractivity contribution in [1.29, 1.82) is 0 Å². The van der Waals surface area contributed by atoms with Gasteiger partial charge in [0.1, 0.15) is 12.4 Å². The molecule has 1 N–H and O–H groups in total. The van der Waals surface area contributed by atoms with E-state index in [1.54, 1.807) is 12.1 Å². The van der Waals surface area contributed by atoms with Gasteiger partial charge in [-0.15, -0.1) is 0 Å². The van der Waals surface area contributed by atoms with E-state index in [9.17, 15) is 9.90 Å². The summed E-state index contributed by atoms with van der Waals surface area (Å²) in [6.45, 7) is 10.5. The Balaban J connectivity index is 1.94. The van der Waals surface area contributed by atoms with Gasteiger partial charge in [0.15, 0.2) is 5.78 Å². The SMILES string of the molecule is CCC(CC(C)c1ccc(CC(=O)COC(C)(C)C)cc1)c1ccc(O)cc1. The summed E-state index contributed by atoms with van der Waals surface area (Å²) < 4.78 is 5.57. The monoisotopic (exact) mass is 382 g/mol. The number of aromatic hydroxyl groups is 1. The average Bonchev–Trinajstić information content (AvgIpc) is 2.65. The van der Waals surface area contributed by atoms with Crippen LogP contribution >= 0.6 is 0 Å². The first-order chi connectivity index (χ1) is 13.2. The highest BCUT2D eigenvalue weighted by atomic mass is 16.5. The first-order valence-electron chi connectivity index (χ1n) is 10.2. The van der Waals surface area contributed by atoms with Gasteiger partial charge in [0.25, 0.3) is 0 Å². The van der Waals surface area contributed by atoms with E-state index < -0.39 is 0 Å². The van der Waals surface area contributed by atoms with Gasteiger partial charge in [-0.25, -0.2) is 0 Å². The fourth-order valence-electron chi connectivity index (χ4n) is 3.39. The third-order valence-corrected chi connectivity index (χ3v) is 5.11. The Hall–Kier alpha value is -2.13. The average molecular weight is 383 g/mol. The highest BCUT2D eigenvalue weighted by Crippen LogP contribution is 2.32. The number of phenolic OH excluding ortho intramolecular Hbond substituents is 1. The van der Waals surface area contributed by atoms with Crippen molar-refractivity contribution in [1.82, 2.24) is 0 Å². The molecule has 0 aliphatic heterocycles. The van der Waals surface area contributed by atoms with Gasteiger partial charge in [-0.1, -0.05) is 50.2 Å². The molecule has 0 fully saturated rings. The second-order valence-electron chi connectivity index (χ2n) is 8.69. The topological polar surface area (TPSA) is 46.5 Å². The number of carbonyl (C=O) groups excluding carboxylic acids is 1. The van der Waals surface area contributed by atoms with Gasteiger partial charge in [-0.2, -0.15) is 0 Å². The lowest BCUT2D eigenvalue weighted by Gasteiger charge is -2.21. The Bertz CT molecular complexity index is 739. The zero-order valence-electron chi connectivity index (χ0n) is 17.9. The number of benzene rings is 2. The molecule has 0 saturated heterocycles. The molecule has 2 aromatic carbocycles. The van der Waals surface area contributed by atoms with Crippen LogP contribution in [-0.4, -0.2) is 23.1 Å². The van der Waals surface area contributed by atoms with Crippen LogP contribution < -0.4 is 0 Å². The molecule has 0 spiro atoms. The molecule has 0 aliphatic carbocycles. The summed E-state index contributed by atoms with van der Waals surface area (Å²) in [6, 6.07) is 16.0. The Labute approximate surface area is 169 Å². The maximum atomic E-state index is 12.1. The van der Waals surface area contributed by atoms with Crippen molar-refractivity contribution < 1.29 is 14.6 Å². The number of carbonyl (C=O) groups is 1. The summed E-state index contributed by atoms with van der Waals surface area (Å²) in [7, 11) is 0. The molecule has 0 heterocycles. The number of rotatable bonds is 9. The number of hydrogen-bond acceptors (Lipinski definition) is 3. The standard InChI is InChI=1S/C25H34O3/c1-6-20(22-11-13-23(26)14-12-22)15-18(2)21-9-7-19(8-10-21)16-24(27)17-28-25(3,4)5/h7-14,18,20,26H,6,15-17H2,1-5H3. The molecule has 3 nitrogen and oxygen atoms in total. The van der Waals surface area contributed by atoms with Gasteiger partial charge < -0.3 is 9.84 Å². The van der Waals surface area contributed by atoms with Crippen LogP contribution in [0.1, 0.15) is 76.0 Å². The molecular weight excluding hydrogens is 348 g/mol. The normalized spacial score (nSPS) is 13.9. The van der Waals surface area contributed by atoms with Gasteiger partial charge >= 0.3 is 0 Å². The molecule has 0 bridgehead atoms. The summed E-state index contributed by atoms with van der Waals surface area (Å²) in [6.07, 6.45) is 2.53. The number of ketones is 1. The van der Waals surface area contributed by atoms with E-state index in [4.69, 9.17) is 4.74 Å². The van der Waals surface area contributed by atoms with Crippen LogP contribution in [0, 0.1) is 0 Å². The molecule has 2 aromatic rings. The summed E-state index contributed by atoms with van der Waals surface area (Å²) in [5, 5.41) is 9.50. The first kappa shape index (κ1) is 22.2. The highest BCUT2D eigenvalue weighted by molar-refractivity contribution is 5.82. The summed E-state index contributed by atoms with van der Waals surface area (Å²) in [5.74, 6) is 1.30. The van der Waals surface area contributed by atoms with E-state index in [1.165, 1.54) is 11.1 Å². The van der Waals surface area contributed by atoms with Crippen molar-refractivity contribution in [2.45, 2.75) is 71.3 Å². The molecule has 2 rings (SSSR count). The van der Waals surface area contributed by atoms with Crippen LogP contribution in [0.4, 0.5) is 0 Å². The van der Waals surface area contributed by atoms with Crippen molar-refractivity contribution >= 4 is 5.78 Å². The van der Waals surface area contributed by atoms with E-state index in [2.05, 4.69) is 38.1 Å². The van der Waals surface area contributed by atoms with Crippen LogP contribution in [0.15, 0.2) is 48.5 Å². The third-order valence-electron chi connectivity index (χ3n) is 5.11. The predicted molar refractivity (Wildman–Crippen MR) is 115 cm³/mol. The van der Waals surface area contributed by atoms with Gasteiger partial charge in [-0.3, -0.25) is 4.79 Å². The highest BCUT2D eigenvalue weighted by Gasteiger charge is 2.16. The van der Waals surface area contributed by atoms with Crippen molar-refractivity contribution in [2.75, 3.05) is 6.61 Å². The Morgan fingerprint density at radius 1 is 1.00 bits per heavy atom. The number of Topliss-reactive ketones (excluding diaryl/α,β-unsaturated/α-hetero) is 1. The molecule has 28 heavy (non-hydrogen) atoms. The number of ether oxygens (including phenoxy) is 1. The van der Waals surface area contributed by atoms with Crippen molar-refractivity contribution in [3.63, 3.8) is 0 Å². The minimum Gasteiger partial charge on any atom is -0.508 e. The minimum absolute atomic E-state index is 0.106. The van der Waals surface area contributed by atoms with Gasteiger partial charge in [0.05, 0.1) is 5.60 Å². The molecule has 0 radical (unpaired) electrons. The van der Waals surface area contributed by atoms with Crippen LogP contribution in [0.25, 0.3) is 0 Å². The first-order valence-corrected chi connectivity index (χ1v) is 10.2. The molecule has 152 valence electrons. The molecule has 0 aromatic heterocycles. The summed E-state index contributed by atoms with van der Waals surface area (Å²) in [4.78, 5) is 12.1. The van der Waals surface area contributed by atoms with Crippen LogP contribution in [0.2, 0.25) is 0 Å². The molecule has 3 heteroatoms. The fraction of sp³-hybridized carbons (Fsp3) is 0.480. The van der Waals surface area contributed by atoms with Crippen LogP contribution in [-0.2, 0) is 16.0 Å². The lowest BCUT2D eigenvalue weighted by Crippen LogP contribution is -2.24. The summed E-state index contributed by atoms with van der Waals surface area (Å²) >= 11 is 0. The molecule has 2 unspecified atom stereocenters. The molecule has 0 amide bonds. The zero-order chi connectivity index (χ0) is 20.7. The minimum atomic E-state index is -0.289. The molecular formula is C25H34O3. The second kappa shape index (κ2) is 9.88. The number of hydrogen-bond donors (Lipinski definition) is 1. The van der Waals surface area contributed by atoms with Crippen LogP contribution in [0.3, 0.4) is 0 Å². The lowest BCUT2D eigenvalue weighted by molar-refractivity contribution is -0.127. The largest absolute Gasteiger partial charge is 0.508 e. The van der Waals surface area contributed by atoms with E-state index in [0.717, 1.165) is 18.4 Å². The van der Waals surface area contributed by atoms with E-state index in [0.29, 0.717) is 24.0 Å². The maximum absolute atomic E-state index is 12.1. The van der Waals surface area contributed by atoms with Crippen molar-refractivity contribution in [3.05, 3.63) is 65.2 Å². The molecule has 0 aliphatic rings. The van der Waals surface area contributed by atoms with Crippen LogP contribution in [0.5, 0.6) is 5.75 Å². The summed E-state index contributed by atoms with van der Waals surface area (Å²) in [5.41, 5.74) is 3.30. The quantitative estimate of drug-likeness (QED) is 0.578. The van der Waals surface area contributed by atoms with Gasteiger partial charge in [-0.05, 0) is 74.3 Å². The smallest absolute Gasteiger partial charge is 0.162 e. The van der Waals surface area contributed by atoms with Gasteiger partial charge in [0.2, 0.25) is 0 Å².